The first-order chi connectivity index (χ1) is 18.7. The number of likely N-dealkylation sites (tertiary alicyclic amines) is 1. The minimum atomic E-state index is -0.995. The summed E-state index contributed by atoms with van der Waals surface area (Å²) in [6, 6.07) is 3.44. The number of methoxy groups -OCH3 is 1. The highest BCUT2D eigenvalue weighted by atomic mass is 35.5. The zero-order valence-electron chi connectivity index (χ0n) is 22.2. The molecule has 1 aromatic heterocycles. The molecule has 4 amide bonds. The van der Waals surface area contributed by atoms with Crippen LogP contribution >= 0.6 is 11.6 Å². The number of ether oxygens (including phenoxy) is 1. The maximum atomic E-state index is 13.9. The number of fused-ring (bicyclic) bond motifs is 1. The number of benzene rings is 1. The molecule has 210 valence electrons. The van der Waals surface area contributed by atoms with Crippen molar-refractivity contribution >= 4 is 46.1 Å². The Bertz CT molecular complexity index is 1290. The van der Waals surface area contributed by atoms with Gasteiger partial charge in [-0.05, 0) is 56.1 Å². The third kappa shape index (κ3) is 5.57. The Kier molecular flexibility index (Phi) is 7.75. The standard InChI is InChI=1S/C28H36ClN5O5/c1-39-18-10-17-12-21(32-23(17)19(29)13-18)27(38)34-15-28(7-3-2-4-8-28)14-22(34)26(37)33-20(24(30)35)11-16-6-5-9-31-25(16)36/h10,12-13,16,20,22,32H,2-9,11,14-15H2,1H3,(H2,30,35)(H,31,36)(H,33,37)/t16-,20?,22?/m0/s1. The van der Waals surface area contributed by atoms with Gasteiger partial charge in [-0.3, -0.25) is 19.2 Å². The number of hydrogen-bond donors (Lipinski definition) is 4. The first kappa shape index (κ1) is 27.3. The van der Waals surface area contributed by atoms with E-state index in [0.29, 0.717) is 47.9 Å². The van der Waals surface area contributed by atoms with Gasteiger partial charge in [0, 0.05) is 30.5 Å². The number of nitrogens with one attached hydrogen (secondary N) is 3. The molecule has 5 N–H and O–H groups in total. The quantitative estimate of drug-likeness (QED) is 0.413. The lowest BCUT2D eigenvalue weighted by Gasteiger charge is -2.32. The van der Waals surface area contributed by atoms with Gasteiger partial charge in [0.2, 0.25) is 17.7 Å². The monoisotopic (exact) mass is 557 g/mol. The molecule has 3 heterocycles. The molecule has 1 aromatic carbocycles. The van der Waals surface area contributed by atoms with Crippen LogP contribution in [0.15, 0.2) is 18.2 Å². The molecule has 1 saturated carbocycles. The topological polar surface area (TPSA) is 147 Å². The second kappa shape index (κ2) is 11.1. The Balaban J connectivity index is 1.40. The van der Waals surface area contributed by atoms with E-state index in [1.165, 1.54) is 0 Å². The average Bonchev–Trinajstić information content (AvgIpc) is 3.52. The molecule has 39 heavy (non-hydrogen) atoms. The van der Waals surface area contributed by atoms with Crippen LogP contribution in [0.5, 0.6) is 5.75 Å². The van der Waals surface area contributed by atoms with Crippen LogP contribution in [-0.2, 0) is 14.4 Å². The van der Waals surface area contributed by atoms with Crippen molar-refractivity contribution in [1.29, 1.82) is 0 Å². The minimum absolute atomic E-state index is 0.130. The Labute approximate surface area is 232 Å². The largest absolute Gasteiger partial charge is 0.497 e. The maximum absolute atomic E-state index is 13.9. The Morgan fingerprint density at radius 3 is 2.67 bits per heavy atom. The smallest absolute Gasteiger partial charge is 0.271 e. The molecule has 11 heteroatoms. The Morgan fingerprint density at radius 1 is 1.21 bits per heavy atom. The van der Waals surface area contributed by atoms with Gasteiger partial charge in [0.15, 0.2) is 0 Å². The molecule has 2 saturated heterocycles. The normalized spacial score (nSPS) is 23.4. The number of carbonyl (C=O) groups is 4. The highest BCUT2D eigenvalue weighted by Crippen LogP contribution is 2.47. The van der Waals surface area contributed by atoms with Gasteiger partial charge < -0.3 is 31.0 Å². The minimum Gasteiger partial charge on any atom is -0.497 e. The predicted octanol–water partition coefficient (Wildman–Crippen LogP) is 2.88. The van der Waals surface area contributed by atoms with Crippen LogP contribution in [0.1, 0.15) is 68.3 Å². The molecule has 1 aliphatic carbocycles. The summed E-state index contributed by atoms with van der Waals surface area (Å²) in [6.07, 6.45) is 7.24. The van der Waals surface area contributed by atoms with E-state index in [4.69, 9.17) is 22.1 Å². The zero-order chi connectivity index (χ0) is 27.7. The molecular formula is C28H36ClN5O5. The fourth-order valence-electron chi connectivity index (χ4n) is 6.59. The van der Waals surface area contributed by atoms with Gasteiger partial charge in [0.05, 0.1) is 17.6 Å². The molecule has 2 aliphatic heterocycles. The first-order valence-corrected chi connectivity index (χ1v) is 14.1. The van der Waals surface area contributed by atoms with E-state index < -0.39 is 29.8 Å². The summed E-state index contributed by atoms with van der Waals surface area (Å²) in [5.41, 5.74) is 6.46. The molecule has 3 atom stereocenters. The highest BCUT2D eigenvalue weighted by Gasteiger charge is 2.49. The van der Waals surface area contributed by atoms with Gasteiger partial charge in [-0.1, -0.05) is 30.9 Å². The lowest BCUT2D eigenvalue weighted by molar-refractivity contribution is -0.132. The fraction of sp³-hybridized carbons (Fsp3) is 0.571. The second-order valence-corrected chi connectivity index (χ2v) is 11.7. The first-order valence-electron chi connectivity index (χ1n) is 13.7. The third-order valence-electron chi connectivity index (χ3n) is 8.69. The number of primary amides is 1. The molecule has 0 radical (unpaired) electrons. The van der Waals surface area contributed by atoms with Crippen molar-refractivity contribution in [3.05, 3.63) is 28.9 Å². The van der Waals surface area contributed by atoms with Crippen LogP contribution in [0.25, 0.3) is 10.9 Å². The van der Waals surface area contributed by atoms with Crippen molar-refractivity contribution < 1.29 is 23.9 Å². The number of rotatable bonds is 7. The van der Waals surface area contributed by atoms with Gasteiger partial charge in [-0.25, -0.2) is 0 Å². The molecule has 1 spiro atoms. The highest BCUT2D eigenvalue weighted by molar-refractivity contribution is 6.35. The van der Waals surface area contributed by atoms with E-state index in [9.17, 15) is 19.2 Å². The lowest BCUT2D eigenvalue weighted by Crippen LogP contribution is -2.53. The second-order valence-electron chi connectivity index (χ2n) is 11.3. The Hall–Kier alpha value is -3.27. The van der Waals surface area contributed by atoms with Crippen LogP contribution in [-0.4, -0.2) is 65.8 Å². The van der Waals surface area contributed by atoms with E-state index in [2.05, 4.69) is 15.6 Å². The van der Waals surface area contributed by atoms with E-state index in [-0.39, 0.29) is 23.7 Å². The summed E-state index contributed by atoms with van der Waals surface area (Å²) in [6.45, 7) is 1.07. The number of amides is 4. The van der Waals surface area contributed by atoms with Crippen molar-refractivity contribution in [2.75, 3.05) is 20.2 Å². The van der Waals surface area contributed by atoms with Crippen LogP contribution < -0.4 is 21.1 Å². The summed E-state index contributed by atoms with van der Waals surface area (Å²) in [7, 11) is 1.55. The number of H-pyrrole nitrogens is 1. The summed E-state index contributed by atoms with van der Waals surface area (Å²) >= 11 is 6.42. The van der Waals surface area contributed by atoms with Gasteiger partial charge in [0.1, 0.15) is 23.5 Å². The van der Waals surface area contributed by atoms with Crippen molar-refractivity contribution in [2.45, 2.75) is 69.9 Å². The van der Waals surface area contributed by atoms with E-state index in [1.54, 1.807) is 30.2 Å². The number of halogens is 1. The van der Waals surface area contributed by atoms with Gasteiger partial charge in [0.25, 0.3) is 5.91 Å². The summed E-state index contributed by atoms with van der Waals surface area (Å²) in [5, 5.41) is 6.77. The number of aromatic nitrogens is 1. The molecule has 3 aliphatic rings. The zero-order valence-corrected chi connectivity index (χ0v) is 22.9. The van der Waals surface area contributed by atoms with Gasteiger partial charge in [-0.15, -0.1) is 0 Å². The summed E-state index contributed by atoms with van der Waals surface area (Å²) in [5.74, 6) is -1.35. The van der Waals surface area contributed by atoms with Gasteiger partial charge in [-0.2, -0.15) is 0 Å². The predicted molar refractivity (Wildman–Crippen MR) is 146 cm³/mol. The van der Waals surface area contributed by atoms with Crippen LogP contribution in [0.3, 0.4) is 0 Å². The lowest BCUT2D eigenvalue weighted by atomic mass is 9.72. The van der Waals surface area contributed by atoms with Crippen molar-refractivity contribution in [3.8, 4) is 5.75 Å². The molecule has 2 unspecified atom stereocenters. The summed E-state index contributed by atoms with van der Waals surface area (Å²) in [4.78, 5) is 57.0. The van der Waals surface area contributed by atoms with Crippen LogP contribution in [0, 0.1) is 11.3 Å². The molecule has 3 fully saturated rings. The van der Waals surface area contributed by atoms with Crippen molar-refractivity contribution in [2.24, 2.45) is 17.1 Å². The Morgan fingerprint density at radius 2 is 1.97 bits per heavy atom. The van der Waals surface area contributed by atoms with Gasteiger partial charge >= 0.3 is 0 Å². The number of nitrogens with two attached hydrogens (primary N) is 1. The number of piperidine rings is 1. The molecule has 2 aromatic rings. The van der Waals surface area contributed by atoms with E-state index in [1.807, 2.05) is 0 Å². The number of aromatic amines is 1. The van der Waals surface area contributed by atoms with Crippen molar-refractivity contribution in [1.82, 2.24) is 20.5 Å². The molecule has 0 bridgehead atoms. The average molecular weight is 558 g/mol. The molecule has 5 rings (SSSR count). The van der Waals surface area contributed by atoms with E-state index >= 15 is 0 Å². The molecular weight excluding hydrogens is 522 g/mol. The third-order valence-corrected chi connectivity index (χ3v) is 8.98. The maximum Gasteiger partial charge on any atom is 0.271 e. The van der Waals surface area contributed by atoms with Crippen LogP contribution in [0.2, 0.25) is 5.02 Å². The number of carbonyl (C=O) groups excluding carboxylic acids is 4. The van der Waals surface area contributed by atoms with Crippen molar-refractivity contribution in [3.63, 3.8) is 0 Å². The molecule has 10 nitrogen and oxygen atoms in total. The van der Waals surface area contributed by atoms with E-state index in [0.717, 1.165) is 43.9 Å². The fourth-order valence-corrected chi connectivity index (χ4v) is 6.85. The van der Waals surface area contributed by atoms with Crippen LogP contribution in [0.4, 0.5) is 0 Å². The SMILES string of the molecule is COc1cc(Cl)c2[nH]c(C(=O)N3CC4(CCCCC4)CC3C(=O)NC(C[C@@H]3CCCNC3=O)C(N)=O)cc2c1. The number of hydrogen-bond acceptors (Lipinski definition) is 5. The summed E-state index contributed by atoms with van der Waals surface area (Å²) < 4.78 is 5.30. The number of nitrogens with zero attached hydrogens (tertiary/aromatic N) is 1.